The number of hydrogen-bond donors (Lipinski definition) is 1. The summed E-state index contributed by atoms with van der Waals surface area (Å²) in [5.41, 5.74) is 0. The summed E-state index contributed by atoms with van der Waals surface area (Å²) in [6.07, 6.45) is 5.08. The molecule has 0 aromatic heterocycles. The molecule has 0 fully saturated rings. The Bertz CT molecular complexity index is 554. The van der Waals surface area contributed by atoms with Crippen LogP contribution in [0.4, 0.5) is 0 Å². The van der Waals surface area contributed by atoms with Crippen LogP contribution in [-0.4, -0.2) is 41.6 Å². The summed E-state index contributed by atoms with van der Waals surface area (Å²) in [4.78, 5) is 23.4. The SMILES string of the molecule is C#CCN(CC(=O)O)C(=O)COc1cc(Cl)ccc1Cl. The number of amides is 1. The summed E-state index contributed by atoms with van der Waals surface area (Å²) in [7, 11) is 0. The minimum Gasteiger partial charge on any atom is -0.482 e. The lowest BCUT2D eigenvalue weighted by Crippen LogP contribution is -2.39. The smallest absolute Gasteiger partial charge is 0.323 e. The fraction of sp³-hybridized carbons (Fsp3) is 0.231. The first-order valence-corrected chi connectivity index (χ1v) is 6.20. The number of benzene rings is 1. The molecule has 0 bridgehead atoms. The van der Waals surface area contributed by atoms with E-state index in [1.165, 1.54) is 12.1 Å². The van der Waals surface area contributed by atoms with Crippen LogP contribution in [0.5, 0.6) is 5.75 Å². The van der Waals surface area contributed by atoms with Gasteiger partial charge in [-0.15, -0.1) is 6.42 Å². The summed E-state index contributed by atoms with van der Waals surface area (Å²) < 4.78 is 5.22. The molecule has 1 aromatic carbocycles. The lowest BCUT2D eigenvalue weighted by molar-refractivity contribution is -0.144. The molecule has 0 saturated heterocycles. The number of carbonyl (C=O) groups is 2. The molecule has 0 aliphatic carbocycles. The number of carboxylic acids is 1. The zero-order valence-electron chi connectivity index (χ0n) is 10.3. The Labute approximate surface area is 126 Å². The predicted octanol–water partition coefficient (Wildman–Crippen LogP) is 1.92. The second-order valence-corrected chi connectivity index (χ2v) is 4.55. The van der Waals surface area contributed by atoms with E-state index in [1.54, 1.807) is 6.07 Å². The van der Waals surface area contributed by atoms with Crippen LogP contribution < -0.4 is 4.74 Å². The number of nitrogens with zero attached hydrogens (tertiary/aromatic N) is 1. The fourth-order valence-electron chi connectivity index (χ4n) is 1.32. The molecule has 7 heteroatoms. The maximum atomic E-state index is 11.8. The molecule has 0 spiro atoms. The molecule has 0 aliphatic heterocycles. The maximum Gasteiger partial charge on any atom is 0.323 e. The third-order valence-electron chi connectivity index (χ3n) is 2.21. The van der Waals surface area contributed by atoms with E-state index in [2.05, 4.69) is 5.92 Å². The summed E-state index contributed by atoms with van der Waals surface area (Å²) >= 11 is 11.6. The minimum absolute atomic E-state index is 0.113. The molecular formula is C13H11Cl2NO4. The standard InChI is InChI=1S/C13H11Cl2NO4/c1-2-5-16(7-13(18)19)12(17)8-20-11-6-9(14)3-4-10(11)15/h1,3-4,6H,5,7-8H2,(H,18,19). The van der Waals surface area contributed by atoms with Crippen molar-refractivity contribution in [2.75, 3.05) is 19.7 Å². The second kappa shape index (κ2) is 7.63. The molecule has 1 rings (SSSR count). The van der Waals surface area contributed by atoms with Gasteiger partial charge in [0.2, 0.25) is 0 Å². The fourth-order valence-corrected chi connectivity index (χ4v) is 1.66. The van der Waals surface area contributed by atoms with E-state index in [9.17, 15) is 9.59 Å². The van der Waals surface area contributed by atoms with Crippen molar-refractivity contribution in [3.8, 4) is 18.1 Å². The Morgan fingerprint density at radius 3 is 2.70 bits per heavy atom. The number of carbonyl (C=O) groups excluding carboxylic acids is 1. The van der Waals surface area contributed by atoms with Crippen LogP contribution >= 0.6 is 23.2 Å². The lowest BCUT2D eigenvalue weighted by Gasteiger charge is -2.18. The highest BCUT2D eigenvalue weighted by Crippen LogP contribution is 2.27. The highest BCUT2D eigenvalue weighted by Gasteiger charge is 2.17. The molecule has 0 heterocycles. The van der Waals surface area contributed by atoms with Crippen molar-refractivity contribution in [1.82, 2.24) is 4.90 Å². The summed E-state index contributed by atoms with van der Waals surface area (Å²) in [6, 6.07) is 4.56. The van der Waals surface area contributed by atoms with Crippen molar-refractivity contribution in [2.45, 2.75) is 0 Å². The Kier molecular flexibility index (Phi) is 6.16. The zero-order chi connectivity index (χ0) is 15.1. The Morgan fingerprint density at radius 2 is 2.10 bits per heavy atom. The van der Waals surface area contributed by atoms with Gasteiger partial charge in [-0.1, -0.05) is 29.1 Å². The maximum absolute atomic E-state index is 11.8. The molecule has 106 valence electrons. The molecule has 0 atom stereocenters. The van der Waals surface area contributed by atoms with Gasteiger partial charge in [0, 0.05) is 11.1 Å². The Balaban J connectivity index is 2.67. The lowest BCUT2D eigenvalue weighted by atomic mass is 10.3. The van der Waals surface area contributed by atoms with Gasteiger partial charge in [0.15, 0.2) is 6.61 Å². The van der Waals surface area contributed by atoms with Crippen LogP contribution in [0.1, 0.15) is 0 Å². The molecule has 0 radical (unpaired) electrons. The summed E-state index contributed by atoms with van der Waals surface area (Å²) in [6.45, 7) is -0.984. The van der Waals surface area contributed by atoms with Crippen molar-refractivity contribution < 1.29 is 19.4 Å². The van der Waals surface area contributed by atoms with E-state index in [0.29, 0.717) is 10.0 Å². The molecule has 0 aliphatic rings. The van der Waals surface area contributed by atoms with Gasteiger partial charge < -0.3 is 14.7 Å². The van der Waals surface area contributed by atoms with Crippen LogP contribution in [0.15, 0.2) is 18.2 Å². The molecule has 1 N–H and O–H groups in total. The van der Waals surface area contributed by atoms with Gasteiger partial charge in [0.05, 0.1) is 11.6 Å². The van der Waals surface area contributed by atoms with E-state index >= 15 is 0 Å². The minimum atomic E-state index is -1.16. The van der Waals surface area contributed by atoms with Crippen LogP contribution in [0.2, 0.25) is 10.0 Å². The number of carboxylic acid groups (broad SMARTS) is 1. The molecule has 1 aromatic rings. The monoisotopic (exact) mass is 315 g/mol. The Hall–Kier alpha value is -1.90. The molecule has 0 unspecified atom stereocenters. The zero-order valence-corrected chi connectivity index (χ0v) is 11.8. The topological polar surface area (TPSA) is 66.8 Å². The quantitative estimate of drug-likeness (QED) is 0.814. The molecule has 1 amide bonds. The number of halogens is 2. The van der Waals surface area contributed by atoms with E-state index in [-0.39, 0.29) is 18.9 Å². The van der Waals surface area contributed by atoms with E-state index < -0.39 is 18.4 Å². The van der Waals surface area contributed by atoms with E-state index in [1.807, 2.05) is 0 Å². The average Bonchev–Trinajstić information content (AvgIpc) is 2.38. The average molecular weight is 316 g/mol. The largest absolute Gasteiger partial charge is 0.482 e. The van der Waals surface area contributed by atoms with E-state index in [4.69, 9.17) is 39.5 Å². The second-order valence-electron chi connectivity index (χ2n) is 3.71. The van der Waals surface area contributed by atoms with Crippen molar-refractivity contribution in [3.05, 3.63) is 28.2 Å². The van der Waals surface area contributed by atoms with Gasteiger partial charge in [-0.3, -0.25) is 9.59 Å². The van der Waals surface area contributed by atoms with Crippen LogP contribution in [0.3, 0.4) is 0 Å². The van der Waals surface area contributed by atoms with Gasteiger partial charge in [-0.25, -0.2) is 0 Å². The highest BCUT2D eigenvalue weighted by atomic mass is 35.5. The Morgan fingerprint density at radius 1 is 1.40 bits per heavy atom. The third-order valence-corrected chi connectivity index (χ3v) is 2.75. The van der Waals surface area contributed by atoms with Crippen molar-refractivity contribution in [3.63, 3.8) is 0 Å². The number of terminal acetylenes is 1. The van der Waals surface area contributed by atoms with Crippen molar-refractivity contribution >= 4 is 35.1 Å². The van der Waals surface area contributed by atoms with Crippen LogP contribution in [0, 0.1) is 12.3 Å². The first-order chi connectivity index (χ1) is 9.43. The first-order valence-electron chi connectivity index (χ1n) is 5.45. The van der Waals surface area contributed by atoms with Crippen molar-refractivity contribution in [1.29, 1.82) is 0 Å². The van der Waals surface area contributed by atoms with Crippen LogP contribution in [0.25, 0.3) is 0 Å². The van der Waals surface area contributed by atoms with Gasteiger partial charge in [0.25, 0.3) is 5.91 Å². The van der Waals surface area contributed by atoms with E-state index in [0.717, 1.165) is 4.90 Å². The van der Waals surface area contributed by atoms with Gasteiger partial charge >= 0.3 is 5.97 Å². The highest BCUT2D eigenvalue weighted by molar-refractivity contribution is 6.34. The number of rotatable bonds is 6. The number of aliphatic carboxylic acids is 1. The van der Waals surface area contributed by atoms with Gasteiger partial charge in [-0.2, -0.15) is 0 Å². The predicted molar refractivity (Wildman–Crippen MR) is 75.0 cm³/mol. The van der Waals surface area contributed by atoms with Crippen LogP contribution in [-0.2, 0) is 9.59 Å². The molecule has 20 heavy (non-hydrogen) atoms. The molecule has 0 saturated carbocycles. The third kappa shape index (κ3) is 5.00. The normalized spacial score (nSPS) is 9.65. The summed E-state index contributed by atoms with van der Waals surface area (Å²) in [5, 5.41) is 9.38. The summed E-state index contributed by atoms with van der Waals surface area (Å²) in [5.74, 6) is 0.739. The number of ether oxygens (including phenoxy) is 1. The van der Waals surface area contributed by atoms with Crippen molar-refractivity contribution in [2.24, 2.45) is 0 Å². The first kappa shape index (κ1) is 16.2. The van der Waals surface area contributed by atoms with Gasteiger partial charge in [0.1, 0.15) is 12.3 Å². The van der Waals surface area contributed by atoms with Gasteiger partial charge in [-0.05, 0) is 12.1 Å². The number of hydrogen-bond acceptors (Lipinski definition) is 3. The molecular weight excluding hydrogens is 305 g/mol. The molecule has 5 nitrogen and oxygen atoms in total.